The summed E-state index contributed by atoms with van der Waals surface area (Å²) >= 11 is 0. The SMILES string of the molecule is CCN(C(=O)C(=O)O)C(O)=[N+](CC(=O)O)CC(=O)O. The minimum absolute atomic E-state index is 0.271. The van der Waals surface area contributed by atoms with Gasteiger partial charge in [0.1, 0.15) is 0 Å². The zero-order valence-corrected chi connectivity index (χ0v) is 9.94. The van der Waals surface area contributed by atoms with Crippen LogP contribution in [-0.4, -0.2) is 79.4 Å². The summed E-state index contributed by atoms with van der Waals surface area (Å²) in [5.74, 6) is -6.27. The van der Waals surface area contributed by atoms with E-state index < -0.39 is 42.9 Å². The number of aliphatic carboxylic acids is 3. The summed E-state index contributed by atoms with van der Waals surface area (Å²) < 4.78 is 0.453. The highest BCUT2D eigenvalue weighted by atomic mass is 16.4. The van der Waals surface area contributed by atoms with Crippen LogP contribution in [-0.2, 0) is 19.2 Å². The van der Waals surface area contributed by atoms with Gasteiger partial charge in [-0.1, -0.05) is 0 Å². The molecule has 0 aliphatic rings. The molecule has 0 aromatic rings. The summed E-state index contributed by atoms with van der Waals surface area (Å²) in [4.78, 5) is 43.1. The fourth-order valence-corrected chi connectivity index (χ4v) is 1.19. The smallest absolute Gasteiger partial charge is 0.452 e. The Morgan fingerprint density at radius 1 is 0.947 bits per heavy atom. The number of rotatable bonds is 5. The van der Waals surface area contributed by atoms with Crippen molar-refractivity contribution in [1.29, 1.82) is 0 Å². The molecule has 106 valence electrons. The number of carbonyl (C=O) groups is 4. The molecule has 0 rings (SSSR count). The summed E-state index contributed by atoms with van der Waals surface area (Å²) in [6.07, 6.45) is 0. The van der Waals surface area contributed by atoms with Gasteiger partial charge < -0.3 is 20.4 Å². The lowest BCUT2D eigenvalue weighted by Crippen LogP contribution is -2.47. The van der Waals surface area contributed by atoms with Gasteiger partial charge in [0.05, 0.1) is 6.54 Å². The van der Waals surface area contributed by atoms with Crippen molar-refractivity contribution in [3.05, 3.63) is 0 Å². The van der Waals surface area contributed by atoms with E-state index in [9.17, 15) is 24.3 Å². The van der Waals surface area contributed by atoms with Crippen molar-refractivity contribution < 1.29 is 44.2 Å². The zero-order chi connectivity index (χ0) is 15.2. The van der Waals surface area contributed by atoms with E-state index in [1.54, 1.807) is 0 Å². The molecule has 0 aliphatic carbocycles. The molecule has 4 N–H and O–H groups in total. The van der Waals surface area contributed by atoms with Crippen LogP contribution in [0, 0.1) is 0 Å². The van der Waals surface area contributed by atoms with Crippen LogP contribution in [0.4, 0.5) is 0 Å². The van der Waals surface area contributed by atoms with Crippen LogP contribution in [0.2, 0.25) is 0 Å². The maximum atomic E-state index is 11.2. The highest BCUT2D eigenvalue weighted by molar-refractivity contribution is 6.34. The first kappa shape index (κ1) is 16.4. The number of hydrogen-bond donors (Lipinski definition) is 4. The fourth-order valence-electron chi connectivity index (χ4n) is 1.19. The van der Waals surface area contributed by atoms with Gasteiger partial charge in [0.25, 0.3) is 0 Å². The molecule has 0 saturated heterocycles. The molecule has 19 heavy (non-hydrogen) atoms. The maximum Gasteiger partial charge on any atom is 0.452 e. The number of aliphatic hydroxyl groups excluding tert-OH is 1. The summed E-state index contributed by atoms with van der Waals surface area (Å²) in [5, 5.41) is 35.3. The number of amidine groups is 1. The molecule has 0 radical (unpaired) electrons. The van der Waals surface area contributed by atoms with E-state index in [4.69, 9.17) is 15.3 Å². The van der Waals surface area contributed by atoms with Crippen LogP contribution in [0.15, 0.2) is 0 Å². The summed E-state index contributed by atoms with van der Waals surface area (Å²) in [6, 6.07) is -1.04. The topological polar surface area (TPSA) is 155 Å². The predicted molar refractivity (Wildman–Crippen MR) is 57.9 cm³/mol. The highest BCUT2D eigenvalue weighted by Gasteiger charge is 2.34. The van der Waals surface area contributed by atoms with E-state index in [2.05, 4.69) is 0 Å². The Kier molecular flexibility index (Phi) is 5.97. The first-order chi connectivity index (χ1) is 8.70. The van der Waals surface area contributed by atoms with Crippen LogP contribution in [0.3, 0.4) is 0 Å². The molecular weight excluding hydrogens is 264 g/mol. The van der Waals surface area contributed by atoms with Gasteiger partial charge in [-0.2, -0.15) is 4.90 Å². The predicted octanol–water partition coefficient (Wildman–Crippen LogP) is -1.98. The number of amides is 1. The fraction of sp³-hybridized carbons (Fsp3) is 0.444. The third-order valence-corrected chi connectivity index (χ3v) is 1.92. The van der Waals surface area contributed by atoms with E-state index in [-0.39, 0.29) is 6.54 Å². The van der Waals surface area contributed by atoms with Crippen LogP contribution in [0.25, 0.3) is 0 Å². The number of carboxylic acid groups (broad SMARTS) is 3. The summed E-state index contributed by atoms with van der Waals surface area (Å²) in [6.45, 7) is -0.744. The number of carbonyl (C=O) groups excluding carboxylic acids is 1. The third kappa shape index (κ3) is 5.02. The van der Waals surface area contributed by atoms with Crippen molar-refractivity contribution in [2.75, 3.05) is 19.6 Å². The van der Waals surface area contributed by atoms with Crippen LogP contribution in [0.5, 0.6) is 0 Å². The van der Waals surface area contributed by atoms with E-state index in [1.807, 2.05) is 0 Å². The first-order valence-electron chi connectivity index (χ1n) is 4.99. The second-order valence-corrected chi connectivity index (χ2v) is 3.30. The molecule has 0 fully saturated rings. The lowest BCUT2D eigenvalue weighted by atomic mass is 10.4. The lowest BCUT2D eigenvalue weighted by molar-refractivity contribution is -0.521. The van der Waals surface area contributed by atoms with Gasteiger partial charge in [-0.3, -0.25) is 0 Å². The van der Waals surface area contributed by atoms with Gasteiger partial charge in [-0.05, 0) is 6.92 Å². The molecule has 0 aliphatic heterocycles. The summed E-state index contributed by atoms with van der Waals surface area (Å²) in [5.41, 5.74) is 0. The molecule has 0 saturated carbocycles. The molecule has 0 aromatic carbocycles. The number of carboxylic acids is 3. The Hall–Kier alpha value is -2.65. The second kappa shape index (κ2) is 6.93. The molecular formula is C9H13N2O8+. The highest BCUT2D eigenvalue weighted by Crippen LogP contribution is 1.94. The molecule has 10 heteroatoms. The first-order valence-corrected chi connectivity index (χ1v) is 4.99. The zero-order valence-electron chi connectivity index (χ0n) is 9.94. The Bertz CT molecular complexity index is 424. The molecule has 0 atom stereocenters. The second-order valence-electron chi connectivity index (χ2n) is 3.30. The van der Waals surface area contributed by atoms with Gasteiger partial charge in [0, 0.05) is 0 Å². The average Bonchev–Trinajstić information content (AvgIpc) is 2.27. The van der Waals surface area contributed by atoms with Crippen molar-refractivity contribution in [1.82, 2.24) is 4.90 Å². The molecule has 0 bridgehead atoms. The maximum absolute atomic E-state index is 11.2. The van der Waals surface area contributed by atoms with Gasteiger partial charge in [0.15, 0.2) is 13.1 Å². The van der Waals surface area contributed by atoms with Crippen molar-refractivity contribution in [2.45, 2.75) is 6.92 Å². The quantitative estimate of drug-likeness (QED) is 0.195. The monoisotopic (exact) mass is 277 g/mol. The van der Waals surface area contributed by atoms with Crippen LogP contribution in [0.1, 0.15) is 6.92 Å². The number of aliphatic hydroxyl groups is 1. The average molecular weight is 277 g/mol. The van der Waals surface area contributed by atoms with Gasteiger partial charge in [-0.15, -0.1) is 0 Å². The van der Waals surface area contributed by atoms with Crippen molar-refractivity contribution in [3.8, 4) is 0 Å². The third-order valence-electron chi connectivity index (χ3n) is 1.92. The molecule has 1 amide bonds. The molecule has 10 nitrogen and oxygen atoms in total. The minimum atomic E-state index is -1.86. The van der Waals surface area contributed by atoms with E-state index in [1.165, 1.54) is 6.92 Å². The van der Waals surface area contributed by atoms with Crippen molar-refractivity contribution in [2.24, 2.45) is 0 Å². The Morgan fingerprint density at radius 2 is 1.37 bits per heavy atom. The van der Waals surface area contributed by atoms with E-state index >= 15 is 0 Å². The van der Waals surface area contributed by atoms with Gasteiger partial charge in [0.2, 0.25) is 0 Å². The Morgan fingerprint density at radius 3 is 1.63 bits per heavy atom. The van der Waals surface area contributed by atoms with Crippen LogP contribution < -0.4 is 0 Å². The molecule has 0 aromatic heterocycles. The molecule has 0 unspecified atom stereocenters. The largest absolute Gasteiger partial charge is 0.478 e. The number of nitrogens with zero attached hydrogens (tertiary/aromatic N) is 2. The van der Waals surface area contributed by atoms with E-state index in [0.717, 1.165) is 0 Å². The molecule has 0 heterocycles. The Balaban J connectivity index is 5.48. The van der Waals surface area contributed by atoms with E-state index in [0.29, 0.717) is 9.48 Å². The lowest BCUT2D eigenvalue weighted by Gasteiger charge is -2.12. The van der Waals surface area contributed by atoms with Crippen LogP contribution >= 0.6 is 0 Å². The summed E-state index contributed by atoms with van der Waals surface area (Å²) in [7, 11) is 0. The van der Waals surface area contributed by atoms with Crippen molar-refractivity contribution >= 4 is 29.8 Å². The van der Waals surface area contributed by atoms with Gasteiger partial charge in [-0.25, -0.2) is 23.8 Å². The van der Waals surface area contributed by atoms with Crippen molar-refractivity contribution in [3.63, 3.8) is 0 Å². The van der Waals surface area contributed by atoms with Gasteiger partial charge >= 0.3 is 29.8 Å². The number of likely N-dealkylation sites (N-methyl/N-ethyl adjacent to an activating group) is 1. The standard InChI is InChI=1S/C9H12N2O8/c1-2-11(7(16)8(17)18)9(19)10(3-5(12)13)4-6(14)15/h2-4H2,1H3,(H3,12,13,14,15,17,18)/p+1. The molecule has 0 spiro atoms. The Labute approximate surface area is 106 Å². The number of hydrogen-bond acceptors (Lipinski definition) is 4. The normalized spacial score (nSPS) is 9.53. The minimum Gasteiger partial charge on any atom is -0.478 e.